The van der Waals surface area contributed by atoms with Crippen molar-refractivity contribution >= 4 is 17.7 Å². The van der Waals surface area contributed by atoms with Gasteiger partial charge in [-0.1, -0.05) is 41.6 Å². The molecule has 0 unspecified atom stereocenters. The zero-order valence-electron chi connectivity index (χ0n) is 15.5. The van der Waals surface area contributed by atoms with Crippen LogP contribution in [0.25, 0.3) is 5.69 Å². The van der Waals surface area contributed by atoms with Gasteiger partial charge in [0.25, 0.3) is 0 Å². The summed E-state index contributed by atoms with van der Waals surface area (Å²) in [4.78, 5) is 12.2. The van der Waals surface area contributed by atoms with Crippen molar-refractivity contribution in [3.8, 4) is 5.69 Å². The number of allylic oxidation sites excluding steroid dienone is 1. The fraction of sp³-hybridized carbons (Fsp3) is 0.450. The second-order valence-electron chi connectivity index (χ2n) is 6.65. The third-order valence-corrected chi connectivity index (χ3v) is 5.57. The van der Waals surface area contributed by atoms with Crippen molar-refractivity contribution in [1.82, 2.24) is 20.1 Å². The monoisotopic (exact) mass is 370 g/mol. The fourth-order valence-corrected chi connectivity index (χ4v) is 4.02. The van der Waals surface area contributed by atoms with E-state index in [-0.39, 0.29) is 5.91 Å². The highest BCUT2D eigenvalue weighted by Crippen LogP contribution is 2.24. The van der Waals surface area contributed by atoms with Crippen LogP contribution < -0.4 is 5.32 Å². The Morgan fingerprint density at radius 1 is 1.23 bits per heavy atom. The summed E-state index contributed by atoms with van der Waals surface area (Å²) < 4.78 is 2.01. The third-order valence-electron chi connectivity index (χ3n) is 4.64. The largest absolute Gasteiger partial charge is 0.355 e. The molecule has 5 nitrogen and oxygen atoms in total. The van der Waals surface area contributed by atoms with Crippen LogP contribution in [0.5, 0.6) is 0 Å². The van der Waals surface area contributed by atoms with Crippen LogP contribution in [0.1, 0.15) is 43.5 Å². The molecule has 1 aliphatic rings. The number of rotatable bonds is 7. The number of aromatic nitrogens is 3. The molecule has 3 rings (SSSR count). The summed E-state index contributed by atoms with van der Waals surface area (Å²) in [5.74, 6) is 1.22. The first-order chi connectivity index (χ1) is 12.6. The van der Waals surface area contributed by atoms with Crippen molar-refractivity contribution in [2.75, 3.05) is 12.3 Å². The Hall–Kier alpha value is -2.08. The van der Waals surface area contributed by atoms with Crippen molar-refractivity contribution in [2.24, 2.45) is 0 Å². The van der Waals surface area contributed by atoms with Gasteiger partial charge >= 0.3 is 0 Å². The van der Waals surface area contributed by atoms with Crippen LogP contribution in [0.3, 0.4) is 0 Å². The molecule has 0 saturated heterocycles. The zero-order valence-corrected chi connectivity index (χ0v) is 16.3. The molecule has 1 heterocycles. The number of nitrogens with one attached hydrogen (secondary N) is 1. The summed E-state index contributed by atoms with van der Waals surface area (Å²) in [5.41, 5.74) is 3.70. The van der Waals surface area contributed by atoms with E-state index in [1.165, 1.54) is 43.0 Å². The second-order valence-corrected chi connectivity index (χ2v) is 7.59. The minimum atomic E-state index is 0.0448. The quantitative estimate of drug-likeness (QED) is 0.591. The first-order valence-electron chi connectivity index (χ1n) is 9.20. The molecule has 1 aromatic heterocycles. The standard InChI is InChI=1S/C20H26N4OS/c1-15-8-6-7-11-18(15)24-16(2)22-23-20(24)26-14-19(25)21-13-12-17-9-4-3-5-10-17/h6-9,11H,3-5,10,12-14H2,1-2H3,(H,21,25). The first-order valence-corrected chi connectivity index (χ1v) is 10.2. The van der Waals surface area contributed by atoms with Gasteiger partial charge in [-0.25, -0.2) is 0 Å². The van der Waals surface area contributed by atoms with E-state index in [2.05, 4.69) is 34.6 Å². The number of hydrogen-bond donors (Lipinski definition) is 1. The van der Waals surface area contributed by atoms with E-state index in [9.17, 15) is 4.79 Å². The third kappa shape index (κ3) is 4.75. The molecule has 1 aliphatic carbocycles. The number of carbonyl (C=O) groups excluding carboxylic acids is 1. The normalized spacial score (nSPS) is 14.2. The Morgan fingerprint density at radius 3 is 2.85 bits per heavy atom. The summed E-state index contributed by atoms with van der Waals surface area (Å²) in [5, 5.41) is 12.2. The van der Waals surface area contributed by atoms with Gasteiger partial charge in [-0.05, 0) is 57.6 Å². The molecular weight excluding hydrogens is 344 g/mol. The average Bonchev–Trinajstić information content (AvgIpc) is 3.02. The number of hydrogen-bond acceptors (Lipinski definition) is 4. The number of nitrogens with zero attached hydrogens (tertiary/aromatic N) is 3. The summed E-state index contributed by atoms with van der Waals surface area (Å²) in [6, 6.07) is 8.13. The predicted molar refractivity (Wildman–Crippen MR) is 106 cm³/mol. The molecule has 0 aliphatic heterocycles. The van der Waals surface area contributed by atoms with E-state index in [0.29, 0.717) is 5.75 Å². The van der Waals surface area contributed by atoms with E-state index in [4.69, 9.17) is 0 Å². The van der Waals surface area contributed by atoms with E-state index in [0.717, 1.165) is 35.2 Å². The van der Waals surface area contributed by atoms with Crippen LogP contribution in [0.15, 0.2) is 41.1 Å². The number of para-hydroxylation sites is 1. The van der Waals surface area contributed by atoms with Crippen LogP contribution >= 0.6 is 11.8 Å². The number of amides is 1. The van der Waals surface area contributed by atoms with Crippen molar-refractivity contribution in [3.63, 3.8) is 0 Å². The Kier molecular flexibility index (Phi) is 6.50. The molecule has 6 heteroatoms. The van der Waals surface area contributed by atoms with Crippen LogP contribution in [-0.4, -0.2) is 33.0 Å². The molecule has 0 radical (unpaired) electrons. The Morgan fingerprint density at radius 2 is 2.08 bits per heavy atom. The highest BCUT2D eigenvalue weighted by molar-refractivity contribution is 7.99. The van der Waals surface area contributed by atoms with Gasteiger partial charge in [-0.2, -0.15) is 0 Å². The van der Waals surface area contributed by atoms with Crippen molar-refractivity contribution in [1.29, 1.82) is 0 Å². The zero-order chi connectivity index (χ0) is 18.4. The Balaban J connectivity index is 1.54. The van der Waals surface area contributed by atoms with E-state index < -0.39 is 0 Å². The summed E-state index contributed by atoms with van der Waals surface area (Å²) in [6.45, 7) is 4.71. The van der Waals surface area contributed by atoms with Gasteiger partial charge < -0.3 is 5.32 Å². The van der Waals surface area contributed by atoms with E-state index >= 15 is 0 Å². The van der Waals surface area contributed by atoms with Gasteiger partial charge in [0.05, 0.1) is 11.4 Å². The minimum Gasteiger partial charge on any atom is -0.355 e. The molecule has 0 atom stereocenters. The van der Waals surface area contributed by atoms with E-state index in [1.54, 1.807) is 0 Å². The lowest BCUT2D eigenvalue weighted by Crippen LogP contribution is -2.26. The SMILES string of the molecule is Cc1ccccc1-n1c(C)nnc1SCC(=O)NCCC1=CCCCC1. The summed E-state index contributed by atoms with van der Waals surface area (Å²) in [7, 11) is 0. The maximum absolute atomic E-state index is 12.2. The van der Waals surface area contributed by atoms with Gasteiger partial charge in [-0.15, -0.1) is 10.2 Å². The van der Waals surface area contributed by atoms with Gasteiger partial charge in [0.2, 0.25) is 5.91 Å². The molecule has 1 N–H and O–H groups in total. The maximum Gasteiger partial charge on any atom is 0.230 e. The molecule has 138 valence electrons. The van der Waals surface area contributed by atoms with Crippen LogP contribution in [0.4, 0.5) is 0 Å². The second kappa shape index (κ2) is 9.03. The molecule has 0 fully saturated rings. The average molecular weight is 371 g/mol. The van der Waals surface area contributed by atoms with E-state index in [1.807, 2.05) is 29.7 Å². The van der Waals surface area contributed by atoms with Gasteiger partial charge in [0.15, 0.2) is 5.16 Å². The Bertz CT molecular complexity index is 797. The highest BCUT2D eigenvalue weighted by Gasteiger charge is 2.14. The van der Waals surface area contributed by atoms with Crippen molar-refractivity contribution < 1.29 is 4.79 Å². The molecular formula is C20H26N4OS. The molecule has 0 saturated carbocycles. The van der Waals surface area contributed by atoms with Crippen LogP contribution in [0.2, 0.25) is 0 Å². The number of benzene rings is 1. The molecule has 26 heavy (non-hydrogen) atoms. The lowest BCUT2D eigenvalue weighted by molar-refractivity contribution is -0.118. The minimum absolute atomic E-state index is 0.0448. The lowest BCUT2D eigenvalue weighted by atomic mass is 9.97. The number of thioether (sulfide) groups is 1. The molecule has 0 bridgehead atoms. The molecule has 0 spiro atoms. The number of carbonyl (C=O) groups is 1. The maximum atomic E-state index is 12.2. The van der Waals surface area contributed by atoms with Crippen molar-refractivity contribution in [2.45, 2.75) is 51.1 Å². The van der Waals surface area contributed by atoms with Gasteiger partial charge in [-0.3, -0.25) is 9.36 Å². The first kappa shape index (κ1) is 18.7. The van der Waals surface area contributed by atoms with Gasteiger partial charge in [0.1, 0.15) is 5.82 Å². The summed E-state index contributed by atoms with van der Waals surface area (Å²) in [6.07, 6.45) is 8.25. The van der Waals surface area contributed by atoms with Gasteiger partial charge in [0, 0.05) is 6.54 Å². The van der Waals surface area contributed by atoms with Crippen LogP contribution in [-0.2, 0) is 4.79 Å². The lowest BCUT2D eigenvalue weighted by Gasteiger charge is -2.13. The van der Waals surface area contributed by atoms with Crippen LogP contribution in [0, 0.1) is 13.8 Å². The summed E-state index contributed by atoms with van der Waals surface area (Å²) >= 11 is 1.43. The van der Waals surface area contributed by atoms with Crippen molar-refractivity contribution in [3.05, 3.63) is 47.3 Å². The predicted octanol–water partition coefficient (Wildman–Crippen LogP) is 3.98. The topological polar surface area (TPSA) is 59.8 Å². The molecule has 1 amide bonds. The smallest absolute Gasteiger partial charge is 0.230 e. The number of aryl methyl sites for hydroxylation is 2. The molecule has 1 aromatic carbocycles. The Labute approximate surface area is 159 Å². The molecule has 2 aromatic rings. The fourth-order valence-electron chi connectivity index (χ4n) is 3.20. The highest BCUT2D eigenvalue weighted by atomic mass is 32.2.